The highest BCUT2D eigenvalue weighted by molar-refractivity contribution is 5.83. The van der Waals surface area contributed by atoms with E-state index in [2.05, 4.69) is 6.07 Å². The molecule has 0 aliphatic heterocycles. The Bertz CT molecular complexity index is 519. The molecule has 1 atom stereocenters. The molecule has 0 saturated heterocycles. The normalized spacial score (nSPS) is 12.6. The van der Waals surface area contributed by atoms with E-state index in [0.29, 0.717) is 0 Å². The summed E-state index contributed by atoms with van der Waals surface area (Å²) in [6, 6.07) is 10.2. The van der Waals surface area contributed by atoms with Gasteiger partial charge in [0.1, 0.15) is 11.3 Å². The number of aryl methyl sites for hydroxylation is 1. The minimum Gasteiger partial charge on any atom is -0.461 e. The van der Waals surface area contributed by atoms with Crippen LogP contribution in [-0.4, -0.2) is 0 Å². The number of hydrogen-bond donors (Lipinski definition) is 0. The van der Waals surface area contributed by atoms with Crippen LogP contribution in [0.1, 0.15) is 30.6 Å². The molecule has 0 saturated carbocycles. The third-order valence-electron chi connectivity index (χ3n) is 2.73. The van der Waals surface area contributed by atoms with Gasteiger partial charge in [0.15, 0.2) is 0 Å². The number of benzene rings is 1. The molecule has 0 amide bonds. The summed E-state index contributed by atoms with van der Waals surface area (Å²) in [6.45, 7) is 3.95. The van der Waals surface area contributed by atoms with Crippen LogP contribution in [0.25, 0.3) is 11.0 Å². The second-order valence-electron chi connectivity index (χ2n) is 3.66. The van der Waals surface area contributed by atoms with E-state index in [1.807, 2.05) is 38.1 Å². The third kappa shape index (κ3) is 1.50. The summed E-state index contributed by atoms with van der Waals surface area (Å²) in [5.74, 6) is 0.804. The molecular weight excluding hydrogens is 186 g/mol. The fraction of sp³-hybridized carbons (Fsp3) is 0.308. The van der Waals surface area contributed by atoms with Crippen LogP contribution in [0, 0.1) is 18.3 Å². The lowest BCUT2D eigenvalue weighted by molar-refractivity contribution is 0.568. The summed E-state index contributed by atoms with van der Waals surface area (Å²) in [4.78, 5) is 0. The Labute approximate surface area is 89.1 Å². The van der Waals surface area contributed by atoms with Crippen molar-refractivity contribution in [1.82, 2.24) is 0 Å². The van der Waals surface area contributed by atoms with Gasteiger partial charge in [-0.2, -0.15) is 5.26 Å². The van der Waals surface area contributed by atoms with Crippen LogP contribution < -0.4 is 0 Å². The van der Waals surface area contributed by atoms with Crippen molar-refractivity contribution in [3.05, 3.63) is 35.6 Å². The summed E-state index contributed by atoms with van der Waals surface area (Å²) in [5.41, 5.74) is 1.93. The molecule has 15 heavy (non-hydrogen) atoms. The molecule has 76 valence electrons. The first-order chi connectivity index (χ1) is 7.27. The quantitative estimate of drug-likeness (QED) is 0.738. The molecule has 2 heteroatoms. The van der Waals surface area contributed by atoms with E-state index in [0.717, 1.165) is 28.7 Å². The number of hydrogen-bond acceptors (Lipinski definition) is 2. The van der Waals surface area contributed by atoms with E-state index in [4.69, 9.17) is 9.68 Å². The van der Waals surface area contributed by atoms with Crippen LogP contribution in [0.4, 0.5) is 0 Å². The largest absolute Gasteiger partial charge is 0.461 e. The van der Waals surface area contributed by atoms with Gasteiger partial charge in [0, 0.05) is 10.9 Å². The highest BCUT2D eigenvalue weighted by Gasteiger charge is 2.18. The Hall–Kier alpha value is -1.75. The fourth-order valence-corrected chi connectivity index (χ4v) is 1.98. The van der Waals surface area contributed by atoms with Crippen LogP contribution >= 0.6 is 0 Å². The first kappa shape index (κ1) is 9.79. The molecule has 0 spiro atoms. The van der Waals surface area contributed by atoms with E-state index < -0.39 is 0 Å². The van der Waals surface area contributed by atoms with Crippen molar-refractivity contribution in [1.29, 1.82) is 5.26 Å². The third-order valence-corrected chi connectivity index (χ3v) is 2.73. The highest BCUT2D eigenvalue weighted by Crippen LogP contribution is 2.32. The minimum absolute atomic E-state index is 0.0614. The molecule has 0 aliphatic rings. The molecule has 2 aromatic rings. The molecule has 2 rings (SSSR count). The lowest BCUT2D eigenvalue weighted by atomic mass is 9.95. The monoisotopic (exact) mass is 199 g/mol. The first-order valence-electron chi connectivity index (χ1n) is 5.15. The average molecular weight is 199 g/mol. The first-order valence-corrected chi connectivity index (χ1v) is 5.15. The minimum atomic E-state index is -0.0614. The van der Waals surface area contributed by atoms with E-state index in [9.17, 15) is 0 Å². The lowest BCUT2D eigenvalue weighted by Crippen LogP contribution is -1.94. The Morgan fingerprint density at radius 2 is 2.13 bits per heavy atom. The Balaban J connectivity index is 2.69. The Morgan fingerprint density at radius 3 is 2.80 bits per heavy atom. The Kier molecular flexibility index (Phi) is 2.47. The smallest absolute Gasteiger partial charge is 0.134 e. The molecule has 0 N–H and O–H groups in total. The summed E-state index contributed by atoms with van der Waals surface area (Å²) in [5, 5.41) is 10.2. The van der Waals surface area contributed by atoms with Crippen molar-refractivity contribution in [2.24, 2.45) is 0 Å². The zero-order valence-corrected chi connectivity index (χ0v) is 8.95. The van der Waals surface area contributed by atoms with Gasteiger partial charge in [-0.05, 0) is 19.4 Å². The van der Waals surface area contributed by atoms with Crippen molar-refractivity contribution in [2.45, 2.75) is 26.2 Å². The number of rotatable bonds is 2. The molecule has 1 aromatic carbocycles. The van der Waals surface area contributed by atoms with Gasteiger partial charge in [-0.1, -0.05) is 25.1 Å². The maximum atomic E-state index is 9.09. The van der Waals surface area contributed by atoms with E-state index in [1.54, 1.807) is 0 Å². The average Bonchev–Trinajstić information content (AvgIpc) is 2.58. The predicted octanol–water partition coefficient (Wildman–Crippen LogP) is 3.76. The van der Waals surface area contributed by atoms with Gasteiger partial charge in [-0.15, -0.1) is 0 Å². The van der Waals surface area contributed by atoms with Crippen LogP contribution in [0.3, 0.4) is 0 Å². The zero-order valence-electron chi connectivity index (χ0n) is 8.95. The standard InChI is InChI=1S/C13H13NO/c1-3-10(8-14)13-9(2)15-12-7-5-4-6-11(12)13/h4-7,10H,3H2,1-2H3. The van der Waals surface area contributed by atoms with Crippen molar-refractivity contribution in [2.75, 3.05) is 0 Å². The second-order valence-corrected chi connectivity index (χ2v) is 3.66. The van der Waals surface area contributed by atoms with Crippen molar-refractivity contribution in [3.8, 4) is 6.07 Å². The van der Waals surface area contributed by atoms with Crippen molar-refractivity contribution >= 4 is 11.0 Å². The number of para-hydroxylation sites is 1. The van der Waals surface area contributed by atoms with Crippen molar-refractivity contribution < 1.29 is 4.42 Å². The van der Waals surface area contributed by atoms with Crippen molar-refractivity contribution in [3.63, 3.8) is 0 Å². The maximum absolute atomic E-state index is 9.09. The van der Waals surface area contributed by atoms with Gasteiger partial charge in [0.2, 0.25) is 0 Å². The second kappa shape index (κ2) is 3.78. The van der Waals surface area contributed by atoms with Gasteiger partial charge in [0.25, 0.3) is 0 Å². The zero-order chi connectivity index (χ0) is 10.8. The number of nitrogens with zero attached hydrogens (tertiary/aromatic N) is 1. The van der Waals surface area contributed by atoms with Gasteiger partial charge < -0.3 is 4.42 Å². The highest BCUT2D eigenvalue weighted by atomic mass is 16.3. The van der Waals surface area contributed by atoms with E-state index >= 15 is 0 Å². The van der Waals surface area contributed by atoms with Crippen LogP contribution in [0.15, 0.2) is 28.7 Å². The number of nitriles is 1. The Morgan fingerprint density at radius 1 is 1.40 bits per heavy atom. The predicted molar refractivity (Wildman–Crippen MR) is 59.6 cm³/mol. The SMILES string of the molecule is CCC(C#N)c1c(C)oc2ccccc12. The molecule has 0 aliphatic carbocycles. The molecule has 0 fully saturated rings. The molecule has 1 heterocycles. The van der Waals surface area contributed by atoms with E-state index in [1.165, 1.54) is 0 Å². The van der Waals surface area contributed by atoms with Crippen LogP contribution in [0.5, 0.6) is 0 Å². The fourth-order valence-electron chi connectivity index (χ4n) is 1.98. The van der Waals surface area contributed by atoms with Gasteiger partial charge in [-0.25, -0.2) is 0 Å². The molecule has 1 unspecified atom stereocenters. The summed E-state index contributed by atoms with van der Waals surface area (Å²) >= 11 is 0. The van der Waals surface area contributed by atoms with Crippen LogP contribution in [-0.2, 0) is 0 Å². The summed E-state index contributed by atoms with van der Waals surface area (Å²) in [7, 11) is 0. The molecule has 2 nitrogen and oxygen atoms in total. The molecule has 0 bridgehead atoms. The summed E-state index contributed by atoms with van der Waals surface area (Å²) in [6.07, 6.45) is 0.820. The lowest BCUT2D eigenvalue weighted by Gasteiger charge is -2.04. The summed E-state index contributed by atoms with van der Waals surface area (Å²) < 4.78 is 5.63. The van der Waals surface area contributed by atoms with Gasteiger partial charge >= 0.3 is 0 Å². The van der Waals surface area contributed by atoms with Crippen LogP contribution in [0.2, 0.25) is 0 Å². The van der Waals surface area contributed by atoms with Gasteiger partial charge in [0.05, 0.1) is 12.0 Å². The molecule has 1 aromatic heterocycles. The molecule has 0 radical (unpaired) electrons. The number of furan rings is 1. The number of fused-ring (bicyclic) bond motifs is 1. The molecular formula is C13H13NO. The topological polar surface area (TPSA) is 36.9 Å². The van der Waals surface area contributed by atoms with E-state index in [-0.39, 0.29) is 5.92 Å². The maximum Gasteiger partial charge on any atom is 0.134 e. The van der Waals surface area contributed by atoms with Gasteiger partial charge in [-0.3, -0.25) is 0 Å².